The molecule has 0 radical (unpaired) electrons. The molecule has 1 amide bonds. The molecule has 0 aliphatic heterocycles. The number of carbonyl (C=O) groups excluding carboxylic acids is 1. The molecule has 184 valence electrons. The molecule has 7 heteroatoms. The number of anilines is 1. The molecule has 1 aromatic heterocycles. The Bertz CT molecular complexity index is 1220. The van der Waals surface area contributed by atoms with Crippen molar-refractivity contribution in [2.24, 2.45) is 5.41 Å². The van der Waals surface area contributed by atoms with Crippen LogP contribution in [-0.4, -0.2) is 33.7 Å². The Morgan fingerprint density at radius 2 is 1.97 bits per heavy atom. The quantitative estimate of drug-likeness (QED) is 0.422. The Hall–Kier alpha value is -3.45. The van der Waals surface area contributed by atoms with E-state index >= 15 is 0 Å². The molecule has 1 aliphatic rings. The number of benzene rings is 2. The maximum absolute atomic E-state index is 13.4. The second kappa shape index (κ2) is 10.4. The smallest absolute Gasteiger partial charge is 0.411 e. The minimum atomic E-state index is -0.591. The summed E-state index contributed by atoms with van der Waals surface area (Å²) in [7, 11) is 0. The summed E-state index contributed by atoms with van der Waals surface area (Å²) in [5.41, 5.74) is 5.18. The number of carbonyl (C=O) groups is 1. The third kappa shape index (κ3) is 5.15. The van der Waals surface area contributed by atoms with Crippen LogP contribution in [0.25, 0.3) is 11.8 Å². The molecule has 0 saturated heterocycles. The van der Waals surface area contributed by atoms with Gasteiger partial charge in [0.1, 0.15) is 5.82 Å². The minimum absolute atomic E-state index is 0.283. The van der Waals surface area contributed by atoms with E-state index in [0.29, 0.717) is 31.6 Å². The number of nitrogens with one attached hydrogen (secondary N) is 1. The molecule has 2 atom stereocenters. The number of amides is 1. The van der Waals surface area contributed by atoms with Crippen molar-refractivity contribution in [1.82, 2.24) is 9.78 Å². The molecule has 2 aromatic carbocycles. The van der Waals surface area contributed by atoms with Crippen LogP contribution in [0.4, 0.5) is 14.9 Å². The van der Waals surface area contributed by atoms with Crippen LogP contribution in [0.2, 0.25) is 0 Å². The Morgan fingerprint density at radius 1 is 1.23 bits per heavy atom. The van der Waals surface area contributed by atoms with Gasteiger partial charge in [-0.2, -0.15) is 5.10 Å². The van der Waals surface area contributed by atoms with E-state index in [2.05, 4.69) is 30.3 Å². The van der Waals surface area contributed by atoms with Crippen LogP contribution in [0, 0.1) is 11.2 Å². The van der Waals surface area contributed by atoms with Gasteiger partial charge in [-0.3, -0.25) is 5.32 Å². The minimum Gasteiger partial charge on any atom is -0.450 e. The van der Waals surface area contributed by atoms with Crippen LogP contribution in [0.15, 0.2) is 60.3 Å². The molecule has 0 saturated carbocycles. The summed E-state index contributed by atoms with van der Waals surface area (Å²) in [4.78, 5) is 11.9. The zero-order valence-corrected chi connectivity index (χ0v) is 20.4. The van der Waals surface area contributed by atoms with Crippen molar-refractivity contribution in [2.75, 3.05) is 11.9 Å². The Morgan fingerprint density at radius 3 is 2.69 bits per heavy atom. The molecule has 35 heavy (non-hydrogen) atoms. The lowest BCUT2D eigenvalue weighted by molar-refractivity contribution is 0.0532. The highest BCUT2D eigenvalue weighted by molar-refractivity contribution is 5.85. The predicted octanol–water partition coefficient (Wildman–Crippen LogP) is 5.93. The zero-order chi connectivity index (χ0) is 25.0. The van der Waals surface area contributed by atoms with E-state index in [1.807, 2.05) is 35.1 Å². The van der Waals surface area contributed by atoms with Crippen molar-refractivity contribution < 1.29 is 19.0 Å². The Labute approximate surface area is 205 Å². The second-order valence-electron chi connectivity index (χ2n) is 9.12. The molecule has 1 unspecified atom stereocenters. The van der Waals surface area contributed by atoms with Gasteiger partial charge in [-0.25, -0.2) is 13.9 Å². The summed E-state index contributed by atoms with van der Waals surface area (Å²) >= 11 is 0. The van der Waals surface area contributed by atoms with Crippen molar-refractivity contribution in [3.63, 3.8) is 0 Å². The fraction of sp³-hybridized carbons (Fsp3) is 0.357. The van der Waals surface area contributed by atoms with Crippen molar-refractivity contribution >= 4 is 17.9 Å². The first-order chi connectivity index (χ1) is 16.9. The molecule has 1 aliphatic carbocycles. The lowest BCUT2D eigenvalue weighted by atomic mass is 9.67. The van der Waals surface area contributed by atoms with Crippen molar-refractivity contribution in [1.29, 1.82) is 0 Å². The molecule has 4 rings (SSSR count). The lowest BCUT2D eigenvalue weighted by Crippen LogP contribution is -2.38. The van der Waals surface area contributed by atoms with Crippen LogP contribution in [0.5, 0.6) is 0 Å². The predicted molar refractivity (Wildman–Crippen MR) is 135 cm³/mol. The molecule has 0 fully saturated rings. The largest absolute Gasteiger partial charge is 0.450 e. The highest BCUT2D eigenvalue weighted by Crippen LogP contribution is 2.44. The number of nitrogens with zero attached hydrogens (tertiary/aromatic N) is 2. The Balaban J connectivity index is 1.53. The highest BCUT2D eigenvalue weighted by Gasteiger charge is 2.40. The average molecular weight is 478 g/mol. The number of ether oxygens (including phenoxy) is 1. The van der Waals surface area contributed by atoms with Crippen LogP contribution in [0.3, 0.4) is 0 Å². The molecular weight excluding hydrogens is 445 g/mol. The first kappa shape index (κ1) is 24.7. The number of hydrogen-bond donors (Lipinski definition) is 2. The number of halogens is 1. The van der Waals surface area contributed by atoms with Gasteiger partial charge in [0.2, 0.25) is 0 Å². The van der Waals surface area contributed by atoms with E-state index in [4.69, 9.17) is 4.74 Å². The topological polar surface area (TPSA) is 76.4 Å². The summed E-state index contributed by atoms with van der Waals surface area (Å²) in [6.07, 6.45) is 5.48. The third-order valence-corrected chi connectivity index (χ3v) is 6.89. The van der Waals surface area contributed by atoms with Crippen molar-refractivity contribution in [3.8, 4) is 5.69 Å². The van der Waals surface area contributed by atoms with Gasteiger partial charge in [-0.15, -0.1) is 0 Å². The van der Waals surface area contributed by atoms with E-state index in [1.54, 1.807) is 19.1 Å². The number of aliphatic hydroxyl groups is 1. The van der Waals surface area contributed by atoms with Gasteiger partial charge in [-0.05, 0) is 80.1 Å². The van der Waals surface area contributed by atoms with Crippen LogP contribution in [-0.2, 0) is 17.6 Å². The maximum Gasteiger partial charge on any atom is 0.411 e. The Kier molecular flexibility index (Phi) is 7.36. The summed E-state index contributed by atoms with van der Waals surface area (Å²) in [6.45, 7) is 6.27. The normalized spacial score (nSPS) is 17.9. The third-order valence-electron chi connectivity index (χ3n) is 6.89. The van der Waals surface area contributed by atoms with Crippen molar-refractivity contribution in [2.45, 2.75) is 52.6 Å². The number of para-hydroxylation sites is 1. The van der Waals surface area contributed by atoms with E-state index in [-0.39, 0.29) is 5.82 Å². The van der Waals surface area contributed by atoms with Gasteiger partial charge < -0.3 is 9.84 Å². The van der Waals surface area contributed by atoms with Gasteiger partial charge in [0.15, 0.2) is 0 Å². The lowest BCUT2D eigenvalue weighted by Gasteiger charge is -2.39. The summed E-state index contributed by atoms with van der Waals surface area (Å²) < 4.78 is 20.2. The molecule has 0 spiro atoms. The van der Waals surface area contributed by atoms with Gasteiger partial charge in [0.25, 0.3) is 0 Å². The van der Waals surface area contributed by atoms with Gasteiger partial charge in [-0.1, -0.05) is 37.6 Å². The van der Waals surface area contributed by atoms with Crippen LogP contribution >= 0.6 is 0 Å². The molecule has 1 heterocycles. The number of aryl methyl sites for hydroxylation is 1. The van der Waals surface area contributed by atoms with Gasteiger partial charge in [0.05, 0.1) is 30.3 Å². The average Bonchev–Trinajstić information content (AvgIpc) is 3.25. The standard InChI is InChI=1S/C28H32FN3O3/c1-4-21-16-25-20(18-30-32(25)23-13-11-22(29)12-14-23)17-28(21,3)26(33)15-10-19-8-6-7-9-24(19)31-27(34)35-5-2/h6-9,11-14,16,18,26,33H,4-5,10,15,17H2,1-3H3,(H,31,34)/t26-,28?/m0/s1. The fourth-order valence-electron chi connectivity index (χ4n) is 4.89. The van der Waals surface area contributed by atoms with Crippen LogP contribution < -0.4 is 5.32 Å². The summed E-state index contributed by atoms with van der Waals surface area (Å²) in [6, 6.07) is 13.9. The molecular formula is C28H32FN3O3. The summed E-state index contributed by atoms with van der Waals surface area (Å²) in [5.74, 6) is -0.283. The van der Waals surface area contributed by atoms with E-state index in [1.165, 1.54) is 12.1 Å². The SMILES string of the molecule is CCOC(=O)Nc1ccccc1CC[C@H](O)C1(C)Cc2cnn(-c3ccc(F)cc3)c2C=C1CC. The van der Waals surface area contributed by atoms with Crippen molar-refractivity contribution in [3.05, 3.63) is 82.9 Å². The molecule has 0 bridgehead atoms. The van der Waals surface area contributed by atoms with E-state index in [9.17, 15) is 14.3 Å². The van der Waals surface area contributed by atoms with Crippen LogP contribution in [0.1, 0.15) is 50.4 Å². The van der Waals surface area contributed by atoms with E-state index in [0.717, 1.165) is 34.5 Å². The van der Waals surface area contributed by atoms with E-state index < -0.39 is 17.6 Å². The fourth-order valence-corrected chi connectivity index (χ4v) is 4.89. The maximum atomic E-state index is 13.4. The van der Waals surface area contributed by atoms with Gasteiger partial charge in [0, 0.05) is 11.1 Å². The second-order valence-corrected chi connectivity index (χ2v) is 9.12. The zero-order valence-electron chi connectivity index (χ0n) is 20.4. The monoisotopic (exact) mass is 477 g/mol. The number of aliphatic hydroxyl groups excluding tert-OH is 1. The van der Waals surface area contributed by atoms with Gasteiger partial charge >= 0.3 is 6.09 Å². The highest BCUT2D eigenvalue weighted by atomic mass is 19.1. The number of aromatic nitrogens is 2. The number of rotatable bonds is 8. The number of fused-ring (bicyclic) bond motifs is 1. The summed E-state index contributed by atoms with van der Waals surface area (Å²) in [5, 5.41) is 18.8. The molecule has 6 nitrogen and oxygen atoms in total. The first-order valence-electron chi connectivity index (χ1n) is 12.1. The number of hydrogen-bond acceptors (Lipinski definition) is 4. The molecule has 3 aromatic rings. The molecule has 2 N–H and O–H groups in total. The first-order valence-corrected chi connectivity index (χ1v) is 12.1.